The molecule has 5 N–H and O–H groups in total. The average Bonchev–Trinajstić information content (AvgIpc) is 3.19. The molecule has 2 aliphatic heterocycles. The second-order valence-electron chi connectivity index (χ2n) is 14.4. The molecule has 0 atom stereocenters. The summed E-state index contributed by atoms with van der Waals surface area (Å²) >= 11 is 0. The maximum absolute atomic E-state index is 13.0. The van der Waals surface area contributed by atoms with Crippen LogP contribution < -0.4 is 16.4 Å². The number of likely N-dealkylation sites (tertiary alicyclic amines) is 2. The van der Waals surface area contributed by atoms with Gasteiger partial charge in [0, 0.05) is 76.7 Å². The molecule has 3 aromatic rings. The molecule has 0 spiro atoms. The monoisotopic (exact) mass is 740 g/mol. The molecule has 290 valence electrons. The highest BCUT2D eigenvalue weighted by Crippen LogP contribution is 2.28. The Morgan fingerprint density at radius 2 is 1.50 bits per heavy atom. The van der Waals surface area contributed by atoms with Crippen LogP contribution in [0.2, 0.25) is 0 Å². The smallest absolute Gasteiger partial charge is 0.411 e. The van der Waals surface area contributed by atoms with Gasteiger partial charge in [0.05, 0.1) is 5.69 Å². The molecule has 2 aliphatic rings. The Labute approximate surface area is 319 Å². The summed E-state index contributed by atoms with van der Waals surface area (Å²) in [5.74, 6) is -0.0759. The Hall–Kier alpha value is -4.94. The van der Waals surface area contributed by atoms with E-state index < -0.39 is 6.09 Å². The van der Waals surface area contributed by atoms with Gasteiger partial charge in [-0.2, -0.15) is 0 Å². The third kappa shape index (κ3) is 13.2. The lowest BCUT2D eigenvalue weighted by Gasteiger charge is -2.31. The highest BCUT2D eigenvalue weighted by molar-refractivity contribution is 5.91. The lowest BCUT2D eigenvalue weighted by atomic mass is 9.96. The molecule has 12 nitrogen and oxygen atoms in total. The number of amides is 4. The third-order valence-electron chi connectivity index (χ3n) is 10.4. The van der Waals surface area contributed by atoms with Crippen LogP contribution in [0, 0.1) is 5.92 Å². The zero-order valence-electron chi connectivity index (χ0n) is 31.3. The van der Waals surface area contributed by atoms with Gasteiger partial charge in [-0.15, -0.1) is 0 Å². The van der Waals surface area contributed by atoms with E-state index in [9.17, 15) is 24.3 Å². The van der Waals surface area contributed by atoms with Gasteiger partial charge in [0.25, 0.3) is 0 Å². The van der Waals surface area contributed by atoms with Crippen molar-refractivity contribution >= 4 is 29.5 Å². The second kappa shape index (κ2) is 21.1. The van der Waals surface area contributed by atoms with Gasteiger partial charge in [0.15, 0.2) is 0 Å². The number of phenols is 1. The van der Waals surface area contributed by atoms with Crippen LogP contribution in [0.1, 0.15) is 63.4 Å². The van der Waals surface area contributed by atoms with Gasteiger partial charge in [0.2, 0.25) is 17.7 Å². The molecule has 54 heavy (non-hydrogen) atoms. The fourth-order valence-electron chi connectivity index (χ4n) is 7.17. The third-order valence-corrected chi connectivity index (χ3v) is 10.4. The number of hydrogen-bond acceptors (Lipinski definition) is 8. The number of unbranched alkanes of at least 4 members (excludes halogenated alkanes) is 2. The fraction of sp³-hybridized carbons (Fsp3) is 0.476. The van der Waals surface area contributed by atoms with Gasteiger partial charge >= 0.3 is 6.09 Å². The first-order valence-corrected chi connectivity index (χ1v) is 19.4. The number of para-hydroxylation sites is 1. The van der Waals surface area contributed by atoms with E-state index >= 15 is 0 Å². The molecule has 2 fully saturated rings. The zero-order chi connectivity index (χ0) is 38.1. The van der Waals surface area contributed by atoms with Crippen LogP contribution in [0.25, 0.3) is 11.1 Å². The minimum Gasteiger partial charge on any atom is -0.508 e. The highest BCUT2D eigenvalue weighted by Gasteiger charge is 2.26. The summed E-state index contributed by atoms with van der Waals surface area (Å²) in [7, 11) is 0. The number of carbonyl (C=O) groups is 4. The van der Waals surface area contributed by atoms with Crippen molar-refractivity contribution < 1.29 is 29.0 Å². The van der Waals surface area contributed by atoms with Gasteiger partial charge in [-0.3, -0.25) is 24.6 Å². The molecule has 2 heterocycles. The molecule has 0 unspecified atom stereocenters. The number of phenolic OH excluding ortho intramolecular Hbond substituents is 1. The van der Waals surface area contributed by atoms with E-state index in [2.05, 4.69) is 20.4 Å². The molecule has 0 aromatic heterocycles. The Kier molecular flexibility index (Phi) is 15.7. The lowest BCUT2D eigenvalue weighted by Crippen LogP contribution is -2.42. The number of hydrogen-bond donors (Lipinski definition) is 4. The van der Waals surface area contributed by atoms with Crippen LogP contribution in [-0.4, -0.2) is 102 Å². The van der Waals surface area contributed by atoms with Crippen LogP contribution in [-0.2, 0) is 25.7 Å². The van der Waals surface area contributed by atoms with E-state index in [1.54, 1.807) is 12.1 Å². The maximum atomic E-state index is 13.0. The van der Waals surface area contributed by atoms with Crippen LogP contribution in [0.4, 0.5) is 10.5 Å². The van der Waals surface area contributed by atoms with E-state index in [0.29, 0.717) is 70.6 Å². The standard InChI is InChI=1S/C42H56N6O6/c43-41(52)34-17-29-48(30-18-34)40(51)22-28-47(31-32-13-15-35(49)16-14-32)24-8-2-7-23-44-39(50)21-27-46-25-19-36(20-26-46)54-42(53)45-38-12-6-5-11-37(38)33-9-3-1-4-10-33/h1,3-6,9-16,34,36,49H,2,7-8,17-31H2,(H2,43,52)(H,44,50)(H,45,53). The summed E-state index contributed by atoms with van der Waals surface area (Å²) in [5.41, 5.74) is 9.19. The van der Waals surface area contributed by atoms with Gasteiger partial charge in [-0.1, -0.05) is 67.1 Å². The van der Waals surface area contributed by atoms with Crippen LogP contribution in [0.3, 0.4) is 0 Å². The molecule has 0 radical (unpaired) electrons. The number of anilines is 1. The van der Waals surface area contributed by atoms with Crippen LogP contribution in [0.15, 0.2) is 78.9 Å². The Morgan fingerprint density at radius 1 is 0.796 bits per heavy atom. The van der Waals surface area contributed by atoms with Crippen molar-refractivity contribution in [3.05, 3.63) is 84.4 Å². The largest absolute Gasteiger partial charge is 0.508 e. The number of ether oxygens (including phenoxy) is 1. The van der Waals surface area contributed by atoms with E-state index in [0.717, 1.165) is 68.4 Å². The summed E-state index contributed by atoms with van der Waals surface area (Å²) < 4.78 is 5.75. The second-order valence-corrected chi connectivity index (χ2v) is 14.4. The van der Waals surface area contributed by atoms with E-state index in [1.165, 1.54) is 0 Å². The molecule has 5 rings (SSSR count). The van der Waals surface area contributed by atoms with Crippen molar-refractivity contribution in [2.75, 3.05) is 57.7 Å². The van der Waals surface area contributed by atoms with Crippen molar-refractivity contribution in [2.24, 2.45) is 11.7 Å². The summed E-state index contributed by atoms with van der Waals surface area (Å²) in [5, 5.41) is 15.7. The number of aromatic hydroxyl groups is 1. The van der Waals surface area contributed by atoms with Crippen molar-refractivity contribution in [2.45, 2.75) is 70.4 Å². The molecule has 4 amide bonds. The van der Waals surface area contributed by atoms with E-state index in [-0.39, 0.29) is 35.5 Å². The van der Waals surface area contributed by atoms with Crippen molar-refractivity contribution in [1.29, 1.82) is 0 Å². The number of nitrogens with two attached hydrogens (primary N) is 1. The first-order chi connectivity index (χ1) is 26.2. The highest BCUT2D eigenvalue weighted by atomic mass is 16.6. The number of primary amides is 1. The van der Waals surface area contributed by atoms with Gasteiger partial charge < -0.3 is 30.7 Å². The summed E-state index contributed by atoms with van der Waals surface area (Å²) in [6, 6.07) is 24.8. The summed E-state index contributed by atoms with van der Waals surface area (Å²) in [4.78, 5) is 56.1. The van der Waals surface area contributed by atoms with Gasteiger partial charge in [0.1, 0.15) is 11.9 Å². The number of carbonyl (C=O) groups excluding carboxylic acids is 4. The fourth-order valence-corrected chi connectivity index (χ4v) is 7.17. The Balaban J connectivity index is 0.938. The van der Waals surface area contributed by atoms with E-state index in [1.807, 2.05) is 71.6 Å². The van der Waals surface area contributed by atoms with Crippen molar-refractivity contribution in [1.82, 2.24) is 20.0 Å². The molecule has 3 aromatic carbocycles. The first kappa shape index (κ1) is 40.2. The molecule has 0 saturated carbocycles. The lowest BCUT2D eigenvalue weighted by molar-refractivity contribution is -0.135. The minimum absolute atomic E-state index is 0.0390. The number of piperidine rings is 2. The quantitative estimate of drug-likeness (QED) is 0.127. The molecule has 12 heteroatoms. The summed E-state index contributed by atoms with van der Waals surface area (Å²) in [6.07, 6.45) is 5.65. The minimum atomic E-state index is -0.452. The molecule has 0 aliphatic carbocycles. The van der Waals surface area contributed by atoms with Crippen molar-refractivity contribution in [3.63, 3.8) is 0 Å². The van der Waals surface area contributed by atoms with Crippen molar-refractivity contribution in [3.8, 4) is 16.9 Å². The van der Waals surface area contributed by atoms with Crippen LogP contribution in [0.5, 0.6) is 5.75 Å². The molecule has 0 bridgehead atoms. The molecular formula is C42H56N6O6. The Bertz CT molecular complexity index is 1640. The number of benzene rings is 3. The number of nitrogens with one attached hydrogen (secondary N) is 2. The first-order valence-electron chi connectivity index (χ1n) is 19.4. The van der Waals surface area contributed by atoms with Gasteiger partial charge in [-0.25, -0.2) is 4.79 Å². The summed E-state index contributed by atoms with van der Waals surface area (Å²) in [6.45, 7) is 6.07. The maximum Gasteiger partial charge on any atom is 0.411 e. The Morgan fingerprint density at radius 3 is 2.22 bits per heavy atom. The van der Waals surface area contributed by atoms with E-state index in [4.69, 9.17) is 10.5 Å². The number of nitrogens with zero attached hydrogens (tertiary/aromatic N) is 3. The molecular weight excluding hydrogens is 684 g/mol. The van der Waals surface area contributed by atoms with Crippen LogP contribution >= 0.6 is 0 Å². The topological polar surface area (TPSA) is 158 Å². The predicted molar refractivity (Wildman–Crippen MR) is 209 cm³/mol. The molecule has 2 saturated heterocycles. The SMILES string of the molecule is NC(=O)C1CCN(C(=O)CCN(CCCCCNC(=O)CCN2CCC(OC(=O)Nc3ccccc3-c3ccccc3)CC2)Cc2ccc(O)cc2)CC1. The normalized spacial score (nSPS) is 15.5. The average molecular weight is 741 g/mol. The van der Waals surface area contributed by atoms with Gasteiger partial charge in [-0.05, 0) is 74.4 Å². The zero-order valence-corrected chi connectivity index (χ0v) is 31.3. The number of rotatable bonds is 18. The predicted octanol–water partition coefficient (Wildman–Crippen LogP) is 5.36.